The van der Waals surface area contributed by atoms with E-state index >= 15 is 0 Å². The number of hydrogen-bond donors (Lipinski definition) is 0. The maximum Gasteiger partial charge on any atom is 0.190 e. The maximum absolute atomic E-state index is 5.76. The molecule has 1 aliphatic heterocycles. The van der Waals surface area contributed by atoms with Gasteiger partial charge in [0.05, 0.1) is 18.3 Å². The smallest absolute Gasteiger partial charge is 0.190 e. The Morgan fingerprint density at radius 3 is 2.81 bits per heavy atom. The fraction of sp³-hybridized carbons (Fsp3) is 0.471. The van der Waals surface area contributed by atoms with E-state index < -0.39 is 0 Å². The zero-order chi connectivity index (χ0) is 14.7. The van der Waals surface area contributed by atoms with Gasteiger partial charge in [0, 0.05) is 17.7 Å². The van der Waals surface area contributed by atoms with E-state index in [1.54, 1.807) is 11.3 Å². The van der Waals surface area contributed by atoms with E-state index in [9.17, 15) is 0 Å². The largest absolute Gasteiger partial charge is 0.376 e. The molecule has 1 aromatic carbocycles. The Kier molecular flexibility index (Phi) is 4.56. The van der Waals surface area contributed by atoms with E-state index in [-0.39, 0.29) is 0 Å². The number of rotatable bonds is 4. The molecule has 0 N–H and O–H groups in total. The topological polar surface area (TPSA) is 26.5 Å². The van der Waals surface area contributed by atoms with Gasteiger partial charge in [-0.05, 0) is 43.9 Å². The van der Waals surface area contributed by atoms with Crippen LogP contribution < -0.4 is 4.80 Å². The second kappa shape index (κ2) is 6.58. The Balaban J connectivity index is 1.88. The van der Waals surface area contributed by atoms with Gasteiger partial charge in [-0.1, -0.05) is 19.1 Å². The van der Waals surface area contributed by atoms with Crippen LogP contribution in [-0.2, 0) is 17.7 Å². The minimum atomic E-state index is 0.347. The van der Waals surface area contributed by atoms with Crippen molar-refractivity contribution < 1.29 is 4.74 Å². The van der Waals surface area contributed by atoms with Gasteiger partial charge in [0.2, 0.25) is 0 Å². The molecule has 21 heavy (non-hydrogen) atoms. The molecular formula is C17H22N2OS. The van der Waals surface area contributed by atoms with Gasteiger partial charge in [0.1, 0.15) is 0 Å². The third-order valence-corrected chi connectivity index (χ3v) is 4.95. The quantitative estimate of drug-likeness (QED) is 0.843. The summed E-state index contributed by atoms with van der Waals surface area (Å²) in [5.41, 5.74) is 3.64. The van der Waals surface area contributed by atoms with Gasteiger partial charge in [0.25, 0.3) is 0 Å². The summed E-state index contributed by atoms with van der Waals surface area (Å²) in [6, 6.07) is 8.52. The van der Waals surface area contributed by atoms with Gasteiger partial charge in [-0.15, -0.1) is 11.3 Å². The van der Waals surface area contributed by atoms with Crippen molar-refractivity contribution in [3.05, 3.63) is 45.7 Å². The molecule has 1 aromatic heterocycles. The predicted molar refractivity (Wildman–Crippen MR) is 87.1 cm³/mol. The minimum Gasteiger partial charge on any atom is -0.376 e. The average Bonchev–Trinajstić information content (AvgIpc) is 3.13. The van der Waals surface area contributed by atoms with E-state index in [1.807, 2.05) is 0 Å². The third kappa shape index (κ3) is 3.44. The van der Waals surface area contributed by atoms with E-state index in [4.69, 9.17) is 9.73 Å². The summed E-state index contributed by atoms with van der Waals surface area (Å²) < 4.78 is 8.04. The van der Waals surface area contributed by atoms with E-state index in [0.717, 1.165) is 36.5 Å². The van der Waals surface area contributed by atoms with Crippen molar-refractivity contribution in [3.63, 3.8) is 0 Å². The van der Waals surface area contributed by atoms with Gasteiger partial charge in [-0.3, -0.25) is 0 Å². The van der Waals surface area contributed by atoms with Gasteiger partial charge in [-0.2, -0.15) is 0 Å². The molecule has 0 amide bonds. The van der Waals surface area contributed by atoms with Crippen molar-refractivity contribution in [1.29, 1.82) is 0 Å². The Hall–Kier alpha value is -1.39. The van der Waals surface area contributed by atoms with Crippen molar-refractivity contribution in [2.45, 2.75) is 45.8 Å². The number of aromatic nitrogens is 1. The number of ether oxygens (including phenoxy) is 1. The normalized spacial score (nSPS) is 19.3. The highest BCUT2D eigenvalue weighted by molar-refractivity contribution is 7.07. The molecule has 3 rings (SSSR count). The highest BCUT2D eigenvalue weighted by atomic mass is 32.1. The van der Waals surface area contributed by atoms with Crippen molar-refractivity contribution >= 4 is 17.0 Å². The highest BCUT2D eigenvalue weighted by Crippen LogP contribution is 2.16. The Bertz CT molecular complexity index is 648. The van der Waals surface area contributed by atoms with Crippen LogP contribution >= 0.6 is 11.3 Å². The summed E-state index contributed by atoms with van der Waals surface area (Å²) in [6.07, 6.45) is 3.75. The summed E-state index contributed by atoms with van der Waals surface area (Å²) in [7, 11) is 0. The Labute approximate surface area is 129 Å². The molecule has 2 aromatic rings. The molecule has 1 unspecified atom stereocenters. The average molecular weight is 302 g/mol. The van der Waals surface area contributed by atoms with Crippen molar-refractivity contribution in [1.82, 2.24) is 4.57 Å². The molecule has 0 aliphatic carbocycles. The molecule has 1 fully saturated rings. The summed E-state index contributed by atoms with van der Waals surface area (Å²) in [4.78, 5) is 5.87. The zero-order valence-corrected chi connectivity index (χ0v) is 13.5. The van der Waals surface area contributed by atoms with Gasteiger partial charge in [0.15, 0.2) is 4.80 Å². The first-order chi connectivity index (χ1) is 10.3. The van der Waals surface area contributed by atoms with Crippen LogP contribution in [0.4, 0.5) is 5.69 Å². The van der Waals surface area contributed by atoms with Crippen LogP contribution in [-0.4, -0.2) is 17.3 Å². The number of hydrogen-bond acceptors (Lipinski definition) is 3. The zero-order valence-electron chi connectivity index (χ0n) is 12.7. The highest BCUT2D eigenvalue weighted by Gasteiger charge is 2.17. The first-order valence-corrected chi connectivity index (χ1v) is 8.54. The number of nitrogens with zero attached hydrogens (tertiary/aromatic N) is 2. The molecule has 0 bridgehead atoms. The molecular weight excluding hydrogens is 280 g/mol. The Morgan fingerprint density at radius 1 is 1.33 bits per heavy atom. The lowest BCUT2D eigenvalue weighted by Crippen LogP contribution is -2.24. The molecule has 1 aliphatic rings. The van der Waals surface area contributed by atoms with Crippen LogP contribution in [0.15, 0.2) is 34.6 Å². The molecule has 1 saturated heterocycles. The first kappa shape index (κ1) is 14.5. The van der Waals surface area contributed by atoms with Gasteiger partial charge in [-0.25, -0.2) is 4.99 Å². The second-order valence-electron chi connectivity index (χ2n) is 5.54. The van der Waals surface area contributed by atoms with Crippen molar-refractivity contribution in [3.8, 4) is 0 Å². The molecule has 1 atom stereocenters. The monoisotopic (exact) mass is 302 g/mol. The lowest BCUT2D eigenvalue weighted by Gasteiger charge is -2.12. The lowest BCUT2D eigenvalue weighted by molar-refractivity contribution is 0.0959. The molecule has 2 heterocycles. The van der Waals surface area contributed by atoms with Gasteiger partial charge < -0.3 is 9.30 Å². The molecule has 112 valence electrons. The molecule has 0 spiro atoms. The van der Waals surface area contributed by atoms with Crippen LogP contribution in [0.2, 0.25) is 0 Å². The van der Waals surface area contributed by atoms with Crippen LogP contribution in [0.1, 0.15) is 31.0 Å². The van der Waals surface area contributed by atoms with E-state index in [1.165, 1.54) is 17.7 Å². The van der Waals surface area contributed by atoms with Crippen molar-refractivity contribution in [2.24, 2.45) is 4.99 Å². The molecule has 0 radical (unpaired) electrons. The lowest BCUT2D eigenvalue weighted by atomic mass is 10.2. The predicted octanol–water partition coefficient (Wildman–Crippen LogP) is 3.83. The van der Waals surface area contributed by atoms with Crippen molar-refractivity contribution in [2.75, 3.05) is 6.61 Å². The van der Waals surface area contributed by atoms with E-state index in [0.29, 0.717) is 6.10 Å². The van der Waals surface area contributed by atoms with Crippen LogP contribution in [0.5, 0.6) is 0 Å². The summed E-state index contributed by atoms with van der Waals surface area (Å²) in [5.74, 6) is 0. The van der Waals surface area contributed by atoms with Crippen LogP contribution in [0, 0.1) is 6.92 Å². The maximum atomic E-state index is 5.76. The minimum absolute atomic E-state index is 0.347. The fourth-order valence-corrected chi connectivity index (χ4v) is 3.54. The number of benzene rings is 1. The number of thiazole rings is 1. The van der Waals surface area contributed by atoms with Gasteiger partial charge >= 0.3 is 0 Å². The number of aryl methyl sites for hydroxylation is 2. The SMILES string of the molecule is CCc1ccc(N=c2scc(C)n2CC2CCCO2)cc1. The van der Waals surface area contributed by atoms with Crippen LogP contribution in [0.25, 0.3) is 0 Å². The third-order valence-electron chi connectivity index (χ3n) is 3.97. The molecule has 4 heteroatoms. The molecule has 0 saturated carbocycles. The fourth-order valence-electron chi connectivity index (χ4n) is 2.63. The first-order valence-electron chi connectivity index (χ1n) is 7.66. The summed E-state index contributed by atoms with van der Waals surface area (Å²) in [5, 5.41) is 2.17. The second-order valence-corrected chi connectivity index (χ2v) is 6.37. The van der Waals surface area contributed by atoms with Crippen LogP contribution in [0.3, 0.4) is 0 Å². The molecule has 3 nitrogen and oxygen atoms in total. The summed E-state index contributed by atoms with van der Waals surface area (Å²) in [6.45, 7) is 6.13. The standard InChI is InChI=1S/C17H22N2OS/c1-3-14-6-8-15(9-7-14)18-17-19(13(2)12-21-17)11-16-5-4-10-20-16/h6-9,12,16H,3-5,10-11H2,1-2H3. The summed E-state index contributed by atoms with van der Waals surface area (Å²) >= 11 is 1.71. The Morgan fingerprint density at radius 2 is 2.14 bits per heavy atom. The van der Waals surface area contributed by atoms with E-state index in [2.05, 4.69) is 48.1 Å².